The average molecular weight is 338 g/mol. The Morgan fingerprint density at radius 1 is 1.04 bits per heavy atom. The van der Waals surface area contributed by atoms with Crippen molar-refractivity contribution < 1.29 is 17.2 Å². The van der Waals surface area contributed by atoms with E-state index in [9.17, 15) is 17.2 Å². The van der Waals surface area contributed by atoms with Crippen LogP contribution in [0.2, 0.25) is 0 Å². The summed E-state index contributed by atoms with van der Waals surface area (Å²) in [4.78, 5) is -0.0965. The number of nitrogens with one attached hydrogen (secondary N) is 1. The molecule has 7 heteroatoms. The predicted molar refractivity (Wildman–Crippen MR) is 82.3 cm³/mol. The van der Waals surface area contributed by atoms with Crippen LogP contribution in [0, 0.1) is 11.6 Å². The topological polar surface area (TPSA) is 49.4 Å². The van der Waals surface area contributed by atoms with Gasteiger partial charge in [-0.3, -0.25) is 0 Å². The second-order valence-corrected chi connectivity index (χ2v) is 7.24. The van der Waals surface area contributed by atoms with Gasteiger partial charge in [0.25, 0.3) is 0 Å². The third kappa shape index (κ3) is 3.26. The zero-order valence-corrected chi connectivity index (χ0v) is 13.1. The maximum Gasteiger partial charge on any atom is 0.243 e. The SMILES string of the molecule is O=S(=O)(c1cccc(F)c1)N1CCNCC1c1cccc(F)c1. The van der Waals surface area contributed by atoms with E-state index < -0.39 is 27.7 Å². The molecule has 4 nitrogen and oxygen atoms in total. The van der Waals surface area contributed by atoms with Gasteiger partial charge in [-0.25, -0.2) is 17.2 Å². The van der Waals surface area contributed by atoms with Gasteiger partial charge in [0.2, 0.25) is 10.0 Å². The summed E-state index contributed by atoms with van der Waals surface area (Å²) >= 11 is 0. The van der Waals surface area contributed by atoms with Crippen LogP contribution in [0.1, 0.15) is 11.6 Å². The summed E-state index contributed by atoms with van der Waals surface area (Å²) in [7, 11) is -3.86. The lowest BCUT2D eigenvalue weighted by atomic mass is 10.1. The Hall–Kier alpha value is -1.83. The van der Waals surface area contributed by atoms with Crippen molar-refractivity contribution in [3.8, 4) is 0 Å². The van der Waals surface area contributed by atoms with Crippen molar-refractivity contribution in [2.24, 2.45) is 0 Å². The summed E-state index contributed by atoms with van der Waals surface area (Å²) < 4.78 is 53.9. The van der Waals surface area contributed by atoms with E-state index in [0.29, 0.717) is 18.7 Å². The maximum atomic E-state index is 13.5. The molecule has 23 heavy (non-hydrogen) atoms. The molecule has 0 amide bonds. The highest BCUT2D eigenvalue weighted by Gasteiger charge is 2.34. The van der Waals surface area contributed by atoms with Crippen molar-refractivity contribution in [1.82, 2.24) is 9.62 Å². The highest BCUT2D eigenvalue weighted by molar-refractivity contribution is 7.89. The highest BCUT2D eigenvalue weighted by Crippen LogP contribution is 2.29. The van der Waals surface area contributed by atoms with Gasteiger partial charge in [0, 0.05) is 19.6 Å². The minimum absolute atomic E-state index is 0.0965. The summed E-state index contributed by atoms with van der Waals surface area (Å²) in [6, 6.07) is 10.3. The highest BCUT2D eigenvalue weighted by atomic mass is 32.2. The molecule has 1 N–H and O–H groups in total. The molecule has 3 rings (SSSR count). The molecule has 0 aliphatic carbocycles. The molecule has 0 radical (unpaired) electrons. The van der Waals surface area contributed by atoms with Crippen LogP contribution >= 0.6 is 0 Å². The fourth-order valence-corrected chi connectivity index (χ4v) is 4.38. The fraction of sp³-hybridized carbons (Fsp3) is 0.250. The number of hydrogen-bond acceptors (Lipinski definition) is 3. The Labute approximate surface area is 133 Å². The quantitative estimate of drug-likeness (QED) is 0.934. The molecule has 2 aromatic carbocycles. The first-order chi connectivity index (χ1) is 11.0. The van der Waals surface area contributed by atoms with E-state index >= 15 is 0 Å². The van der Waals surface area contributed by atoms with Crippen molar-refractivity contribution >= 4 is 10.0 Å². The number of piperazine rings is 1. The third-order valence-electron chi connectivity index (χ3n) is 3.83. The Morgan fingerprint density at radius 2 is 1.74 bits per heavy atom. The zero-order chi connectivity index (χ0) is 16.4. The summed E-state index contributed by atoms with van der Waals surface area (Å²) in [6.45, 7) is 1.10. The smallest absolute Gasteiger partial charge is 0.243 e. The fourth-order valence-electron chi connectivity index (χ4n) is 2.73. The first-order valence-corrected chi connectivity index (χ1v) is 8.66. The minimum Gasteiger partial charge on any atom is -0.313 e. The van der Waals surface area contributed by atoms with Crippen LogP contribution in [0.5, 0.6) is 0 Å². The number of rotatable bonds is 3. The maximum absolute atomic E-state index is 13.5. The van der Waals surface area contributed by atoms with Gasteiger partial charge in [-0.05, 0) is 35.9 Å². The molecule has 1 aliphatic rings. The van der Waals surface area contributed by atoms with Gasteiger partial charge in [-0.1, -0.05) is 18.2 Å². The first kappa shape index (κ1) is 16.0. The average Bonchev–Trinajstić information content (AvgIpc) is 2.55. The molecule has 1 fully saturated rings. The van der Waals surface area contributed by atoms with Crippen molar-refractivity contribution in [2.75, 3.05) is 19.6 Å². The summed E-state index contributed by atoms with van der Waals surface area (Å²) in [5.74, 6) is -1.03. The molecule has 1 atom stereocenters. The standard InChI is InChI=1S/C16H16F2N2O2S/c17-13-4-1-3-12(9-13)16-11-19-7-8-20(16)23(21,22)15-6-2-5-14(18)10-15/h1-6,9-10,16,19H,7-8,11H2. The van der Waals surface area contributed by atoms with E-state index in [1.54, 1.807) is 12.1 Å². The second-order valence-electron chi connectivity index (χ2n) is 5.35. The molecular weight excluding hydrogens is 322 g/mol. The number of halogens is 2. The Bertz CT molecular complexity index is 811. The minimum atomic E-state index is -3.86. The third-order valence-corrected chi connectivity index (χ3v) is 5.73. The Balaban J connectivity index is 2.01. The van der Waals surface area contributed by atoms with Crippen LogP contribution in [0.15, 0.2) is 53.4 Å². The van der Waals surface area contributed by atoms with Crippen LogP contribution in [0.25, 0.3) is 0 Å². The summed E-state index contributed by atoms with van der Waals surface area (Å²) in [5.41, 5.74) is 0.567. The van der Waals surface area contributed by atoms with E-state index in [1.807, 2.05) is 0 Å². The first-order valence-electron chi connectivity index (χ1n) is 7.22. The lowest BCUT2D eigenvalue weighted by molar-refractivity contribution is 0.271. The van der Waals surface area contributed by atoms with E-state index in [4.69, 9.17) is 0 Å². The molecule has 1 aliphatic heterocycles. The van der Waals surface area contributed by atoms with Crippen LogP contribution in [-0.4, -0.2) is 32.4 Å². The van der Waals surface area contributed by atoms with E-state index in [2.05, 4.69) is 5.32 Å². The normalized spacial score (nSPS) is 19.7. The van der Waals surface area contributed by atoms with Crippen molar-refractivity contribution in [3.05, 3.63) is 65.7 Å². The second kappa shape index (κ2) is 6.35. The van der Waals surface area contributed by atoms with Gasteiger partial charge in [-0.15, -0.1) is 0 Å². The van der Waals surface area contributed by atoms with Gasteiger partial charge in [-0.2, -0.15) is 4.31 Å². The molecule has 0 bridgehead atoms. The summed E-state index contributed by atoms with van der Waals surface area (Å²) in [6.07, 6.45) is 0. The molecular formula is C16H16F2N2O2S. The van der Waals surface area contributed by atoms with Crippen LogP contribution in [0.3, 0.4) is 0 Å². The summed E-state index contributed by atoms with van der Waals surface area (Å²) in [5, 5.41) is 3.12. The van der Waals surface area contributed by atoms with Gasteiger partial charge >= 0.3 is 0 Å². The van der Waals surface area contributed by atoms with Crippen molar-refractivity contribution in [1.29, 1.82) is 0 Å². The van der Waals surface area contributed by atoms with Gasteiger partial charge < -0.3 is 5.32 Å². The molecule has 1 saturated heterocycles. The molecule has 2 aromatic rings. The van der Waals surface area contributed by atoms with Crippen LogP contribution in [0.4, 0.5) is 8.78 Å². The van der Waals surface area contributed by atoms with Crippen LogP contribution < -0.4 is 5.32 Å². The monoisotopic (exact) mass is 338 g/mol. The molecule has 0 aromatic heterocycles. The van der Waals surface area contributed by atoms with Gasteiger partial charge in [0.05, 0.1) is 10.9 Å². The van der Waals surface area contributed by atoms with Crippen LogP contribution in [-0.2, 0) is 10.0 Å². The van der Waals surface area contributed by atoms with E-state index in [1.165, 1.54) is 34.6 Å². The van der Waals surface area contributed by atoms with Crippen molar-refractivity contribution in [2.45, 2.75) is 10.9 Å². The lowest BCUT2D eigenvalue weighted by Gasteiger charge is -2.35. The Kier molecular flexibility index (Phi) is 4.43. The molecule has 0 spiro atoms. The van der Waals surface area contributed by atoms with E-state index in [0.717, 1.165) is 6.07 Å². The zero-order valence-electron chi connectivity index (χ0n) is 12.2. The molecule has 1 unspecified atom stereocenters. The number of hydrogen-bond donors (Lipinski definition) is 1. The largest absolute Gasteiger partial charge is 0.313 e. The van der Waals surface area contributed by atoms with Gasteiger partial charge in [0.15, 0.2) is 0 Å². The van der Waals surface area contributed by atoms with E-state index in [-0.39, 0.29) is 11.4 Å². The molecule has 0 saturated carbocycles. The van der Waals surface area contributed by atoms with Gasteiger partial charge in [0.1, 0.15) is 11.6 Å². The number of nitrogens with zero attached hydrogens (tertiary/aromatic N) is 1. The number of sulfonamides is 1. The number of benzene rings is 2. The van der Waals surface area contributed by atoms with Crippen molar-refractivity contribution in [3.63, 3.8) is 0 Å². The Morgan fingerprint density at radius 3 is 2.43 bits per heavy atom. The lowest BCUT2D eigenvalue weighted by Crippen LogP contribution is -2.48. The molecule has 1 heterocycles. The predicted octanol–water partition coefficient (Wildman–Crippen LogP) is 2.30. The molecule has 122 valence electrons.